The smallest absolute Gasteiger partial charge is 0.188 e. The molecule has 1 aliphatic heterocycles. The molecule has 1 aliphatic rings. The fraction of sp³-hybridized carbons (Fsp3) is 0.471. The zero-order chi connectivity index (χ0) is 16.0. The summed E-state index contributed by atoms with van der Waals surface area (Å²) in [5, 5.41) is 3.09. The Kier molecular flexibility index (Phi) is 6.03. The van der Waals surface area contributed by atoms with Crippen molar-refractivity contribution in [3.8, 4) is 0 Å². The van der Waals surface area contributed by atoms with Crippen LogP contribution in [0.5, 0.6) is 0 Å². The van der Waals surface area contributed by atoms with Crippen molar-refractivity contribution >= 4 is 21.9 Å². The molecule has 1 saturated heterocycles. The van der Waals surface area contributed by atoms with Gasteiger partial charge in [-0.15, -0.1) is 0 Å². The lowest BCUT2D eigenvalue weighted by molar-refractivity contribution is 0.0531. The first kappa shape index (κ1) is 17.0. The van der Waals surface area contributed by atoms with Crippen LogP contribution in [0, 0.1) is 0 Å². The van der Waals surface area contributed by atoms with Gasteiger partial charge in [-0.25, -0.2) is 0 Å². The van der Waals surface area contributed by atoms with Crippen LogP contribution in [0.3, 0.4) is 0 Å². The highest BCUT2D eigenvalue weighted by Gasteiger charge is 2.34. The summed E-state index contributed by atoms with van der Waals surface area (Å²) in [5.74, 6) is 0.478. The van der Waals surface area contributed by atoms with Crippen LogP contribution in [-0.4, -0.2) is 32.3 Å². The molecule has 3 N–H and O–H groups in total. The molecule has 2 rings (SSSR count). The number of nitrogens with two attached hydrogens (primary N) is 1. The predicted molar refractivity (Wildman–Crippen MR) is 95.2 cm³/mol. The molecule has 22 heavy (non-hydrogen) atoms. The van der Waals surface area contributed by atoms with E-state index in [0.29, 0.717) is 19.0 Å². The molecule has 0 atom stereocenters. The second-order valence-corrected chi connectivity index (χ2v) is 6.83. The van der Waals surface area contributed by atoms with E-state index in [0.717, 1.165) is 36.1 Å². The Balaban J connectivity index is 2.13. The SMILES string of the molecule is C=C(C)CNC(N)=NCC1(c2ccc(Br)cc2)CCOCC1. The quantitative estimate of drug-likeness (QED) is 0.479. The second kappa shape index (κ2) is 7.79. The summed E-state index contributed by atoms with van der Waals surface area (Å²) in [4.78, 5) is 4.57. The van der Waals surface area contributed by atoms with Crippen molar-refractivity contribution in [3.05, 3.63) is 46.5 Å². The number of hydrogen-bond acceptors (Lipinski definition) is 2. The van der Waals surface area contributed by atoms with E-state index in [9.17, 15) is 0 Å². The van der Waals surface area contributed by atoms with Gasteiger partial charge in [0.2, 0.25) is 0 Å². The number of aliphatic imine (C=N–C) groups is 1. The molecular formula is C17H24BrN3O. The largest absolute Gasteiger partial charge is 0.381 e. The Morgan fingerprint density at radius 2 is 2.00 bits per heavy atom. The molecule has 0 spiro atoms. The number of benzene rings is 1. The number of halogens is 1. The fourth-order valence-corrected chi connectivity index (χ4v) is 2.90. The number of ether oxygens (including phenoxy) is 1. The number of hydrogen-bond donors (Lipinski definition) is 2. The van der Waals surface area contributed by atoms with Crippen LogP contribution in [0.15, 0.2) is 45.9 Å². The van der Waals surface area contributed by atoms with Gasteiger partial charge >= 0.3 is 0 Å². The lowest BCUT2D eigenvalue weighted by Gasteiger charge is -2.36. The van der Waals surface area contributed by atoms with E-state index in [1.165, 1.54) is 5.56 Å². The van der Waals surface area contributed by atoms with Crippen molar-refractivity contribution in [1.29, 1.82) is 0 Å². The van der Waals surface area contributed by atoms with Crippen LogP contribution >= 0.6 is 15.9 Å². The van der Waals surface area contributed by atoms with Gasteiger partial charge in [-0.1, -0.05) is 40.2 Å². The summed E-state index contributed by atoms with van der Waals surface area (Å²) in [6, 6.07) is 8.50. The molecule has 0 saturated carbocycles. The summed E-state index contributed by atoms with van der Waals surface area (Å²) in [6.45, 7) is 8.68. The number of nitrogens with zero attached hydrogens (tertiary/aromatic N) is 1. The molecule has 0 amide bonds. The van der Waals surface area contributed by atoms with Gasteiger partial charge < -0.3 is 15.8 Å². The molecule has 120 valence electrons. The minimum absolute atomic E-state index is 0.00841. The van der Waals surface area contributed by atoms with Crippen LogP contribution in [-0.2, 0) is 10.2 Å². The van der Waals surface area contributed by atoms with Gasteiger partial charge in [0, 0.05) is 29.6 Å². The minimum atomic E-state index is 0.00841. The summed E-state index contributed by atoms with van der Waals surface area (Å²) in [5.41, 5.74) is 8.30. The number of guanidine groups is 1. The van der Waals surface area contributed by atoms with Crippen molar-refractivity contribution < 1.29 is 4.74 Å². The first-order valence-electron chi connectivity index (χ1n) is 7.54. The van der Waals surface area contributed by atoms with E-state index in [1.54, 1.807) is 0 Å². The standard InChI is InChI=1S/C17H24BrN3O/c1-13(2)11-20-16(19)21-12-17(7-9-22-10-8-17)14-3-5-15(18)6-4-14/h3-6H,1,7-12H2,2H3,(H3,19,20,21). The molecule has 0 aromatic heterocycles. The van der Waals surface area contributed by atoms with Crippen LogP contribution in [0.2, 0.25) is 0 Å². The van der Waals surface area contributed by atoms with Crippen LogP contribution in [0.1, 0.15) is 25.3 Å². The number of rotatable bonds is 5. The van der Waals surface area contributed by atoms with Gasteiger partial charge in [-0.2, -0.15) is 0 Å². The van der Waals surface area contributed by atoms with Gasteiger partial charge in [0.05, 0.1) is 6.54 Å². The van der Waals surface area contributed by atoms with E-state index in [2.05, 4.69) is 57.1 Å². The average molecular weight is 366 g/mol. The van der Waals surface area contributed by atoms with Crippen LogP contribution in [0.4, 0.5) is 0 Å². The molecule has 1 aromatic rings. The molecule has 0 aliphatic carbocycles. The van der Waals surface area contributed by atoms with Crippen molar-refractivity contribution in [2.24, 2.45) is 10.7 Å². The molecule has 0 unspecified atom stereocenters. The molecule has 1 fully saturated rings. The average Bonchev–Trinajstić information content (AvgIpc) is 2.52. The third kappa shape index (κ3) is 4.58. The Morgan fingerprint density at radius 3 is 2.59 bits per heavy atom. The maximum Gasteiger partial charge on any atom is 0.188 e. The highest BCUT2D eigenvalue weighted by Crippen LogP contribution is 2.35. The van der Waals surface area contributed by atoms with Crippen molar-refractivity contribution in [2.75, 3.05) is 26.3 Å². The second-order valence-electron chi connectivity index (χ2n) is 5.91. The van der Waals surface area contributed by atoms with Gasteiger partial charge in [-0.05, 0) is 37.5 Å². The lowest BCUT2D eigenvalue weighted by atomic mass is 9.74. The normalized spacial score (nSPS) is 18.0. The van der Waals surface area contributed by atoms with Crippen molar-refractivity contribution in [2.45, 2.75) is 25.2 Å². The van der Waals surface area contributed by atoms with E-state index in [1.807, 2.05) is 6.92 Å². The lowest BCUT2D eigenvalue weighted by Crippen LogP contribution is -2.39. The van der Waals surface area contributed by atoms with Gasteiger partial charge in [0.15, 0.2) is 5.96 Å². The van der Waals surface area contributed by atoms with E-state index < -0.39 is 0 Å². The Labute approximate surface area is 141 Å². The van der Waals surface area contributed by atoms with Crippen molar-refractivity contribution in [1.82, 2.24) is 5.32 Å². The molecule has 4 nitrogen and oxygen atoms in total. The predicted octanol–water partition coefficient (Wildman–Crippen LogP) is 2.98. The topological polar surface area (TPSA) is 59.6 Å². The zero-order valence-corrected chi connectivity index (χ0v) is 14.7. The van der Waals surface area contributed by atoms with Gasteiger partial charge in [0.1, 0.15) is 0 Å². The summed E-state index contributed by atoms with van der Waals surface area (Å²) < 4.78 is 6.63. The molecule has 1 heterocycles. The minimum Gasteiger partial charge on any atom is -0.381 e. The maximum absolute atomic E-state index is 5.96. The summed E-state index contributed by atoms with van der Waals surface area (Å²) in [6.07, 6.45) is 1.93. The third-order valence-electron chi connectivity index (χ3n) is 4.03. The third-order valence-corrected chi connectivity index (χ3v) is 4.56. The molecule has 0 bridgehead atoms. The summed E-state index contributed by atoms with van der Waals surface area (Å²) in [7, 11) is 0. The molecular weight excluding hydrogens is 342 g/mol. The zero-order valence-electron chi connectivity index (χ0n) is 13.1. The molecule has 5 heteroatoms. The Hall–Kier alpha value is -1.33. The van der Waals surface area contributed by atoms with Crippen LogP contribution in [0.25, 0.3) is 0 Å². The Morgan fingerprint density at radius 1 is 1.36 bits per heavy atom. The molecule has 0 radical (unpaired) electrons. The van der Waals surface area contributed by atoms with Crippen LogP contribution < -0.4 is 11.1 Å². The van der Waals surface area contributed by atoms with E-state index >= 15 is 0 Å². The highest BCUT2D eigenvalue weighted by atomic mass is 79.9. The Bertz CT molecular complexity index is 533. The van der Waals surface area contributed by atoms with Gasteiger partial charge in [0.25, 0.3) is 0 Å². The first-order valence-corrected chi connectivity index (χ1v) is 8.33. The number of nitrogens with one attached hydrogen (secondary N) is 1. The monoisotopic (exact) mass is 365 g/mol. The highest BCUT2D eigenvalue weighted by molar-refractivity contribution is 9.10. The first-order chi connectivity index (χ1) is 10.5. The van der Waals surface area contributed by atoms with Crippen molar-refractivity contribution in [3.63, 3.8) is 0 Å². The van der Waals surface area contributed by atoms with Gasteiger partial charge in [-0.3, -0.25) is 4.99 Å². The van der Waals surface area contributed by atoms with E-state index in [4.69, 9.17) is 10.5 Å². The summed E-state index contributed by atoms with van der Waals surface area (Å²) >= 11 is 3.49. The maximum atomic E-state index is 5.96. The molecule has 1 aromatic carbocycles. The fourth-order valence-electron chi connectivity index (χ4n) is 2.64. The van der Waals surface area contributed by atoms with E-state index in [-0.39, 0.29) is 5.41 Å².